The van der Waals surface area contributed by atoms with Crippen molar-refractivity contribution in [2.45, 2.75) is 32.8 Å². The fourth-order valence-electron chi connectivity index (χ4n) is 2.70. The number of aliphatic hydroxyl groups is 1. The van der Waals surface area contributed by atoms with E-state index in [1.54, 1.807) is 0 Å². The van der Waals surface area contributed by atoms with Crippen molar-refractivity contribution >= 4 is 0 Å². The van der Waals surface area contributed by atoms with E-state index < -0.39 is 5.60 Å². The highest BCUT2D eigenvalue weighted by atomic mass is 16.5. The lowest BCUT2D eigenvalue weighted by Crippen LogP contribution is -2.53. The van der Waals surface area contributed by atoms with Gasteiger partial charge >= 0.3 is 0 Å². The molecule has 0 bridgehead atoms. The first kappa shape index (κ1) is 13.4. The molecule has 2 N–H and O–H groups in total. The zero-order valence-electron chi connectivity index (χ0n) is 11.5. The van der Waals surface area contributed by atoms with Crippen LogP contribution in [0.25, 0.3) is 0 Å². The molecule has 1 fully saturated rings. The van der Waals surface area contributed by atoms with E-state index in [1.165, 1.54) is 0 Å². The van der Waals surface area contributed by atoms with Gasteiger partial charge in [0.2, 0.25) is 0 Å². The van der Waals surface area contributed by atoms with Crippen molar-refractivity contribution in [2.75, 3.05) is 19.7 Å². The predicted octanol–water partition coefficient (Wildman–Crippen LogP) is 2.29. The molecule has 3 nitrogen and oxygen atoms in total. The summed E-state index contributed by atoms with van der Waals surface area (Å²) in [7, 11) is 0. The Hall–Kier alpha value is -1.06. The fourth-order valence-corrected chi connectivity index (χ4v) is 2.70. The topological polar surface area (TPSA) is 41.5 Å². The van der Waals surface area contributed by atoms with E-state index in [4.69, 9.17) is 4.74 Å². The van der Waals surface area contributed by atoms with Gasteiger partial charge in [-0.25, -0.2) is 0 Å². The zero-order chi connectivity index (χ0) is 13.2. The average Bonchev–Trinajstić information content (AvgIpc) is 2.34. The molecule has 1 saturated heterocycles. The van der Waals surface area contributed by atoms with Crippen LogP contribution in [0.4, 0.5) is 0 Å². The Morgan fingerprint density at radius 3 is 2.83 bits per heavy atom. The molecule has 0 amide bonds. The van der Waals surface area contributed by atoms with Crippen molar-refractivity contribution in [3.8, 4) is 5.75 Å². The maximum absolute atomic E-state index is 11.1. The van der Waals surface area contributed by atoms with Crippen LogP contribution in [0.5, 0.6) is 5.75 Å². The normalized spacial score (nSPS) is 26.9. The second-order valence-electron chi connectivity index (χ2n) is 5.63. The van der Waals surface area contributed by atoms with Crippen LogP contribution in [-0.4, -0.2) is 24.8 Å². The Bertz CT molecular complexity index is 417. The van der Waals surface area contributed by atoms with Gasteiger partial charge < -0.3 is 15.2 Å². The predicted molar refractivity (Wildman–Crippen MR) is 72.8 cm³/mol. The molecule has 0 aliphatic carbocycles. The average molecular weight is 249 g/mol. The standard InChI is InChI=1S/C15H23NO2/c1-4-18-13-7-5-6-12(10-13)15(17)8-9-16-11-14(15,2)3/h5-7,10,16-17H,4,8-9,11H2,1-3H3. The largest absolute Gasteiger partial charge is 0.494 e. The van der Waals surface area contributed by atoms with Crippen molar-refractivity contribution in [3.05, 3.63) is 29.8 Å². The molecule has 0 radical (unpaired) electrons. The van der Waals surface area contributed by atoms with Gasteiger partial charge in [-0.05, 0) is 37.6 Å². The summed E-state index contributed by atoms with van der Waals surface area (Å²) >= 11 is 0. The Balaban J connectivity index is 2.36. The maximum atomic E-state index is 11.1. The van der Waals surface area contributed by atoms with E-state index in [1.807, 2.05) is 31.2 Å². The second-order valence-corrected chi connectivity index (χ2v) is 5.63. The Morgan fingerprint density at radius 2 is 2.17 bits per heavy atom. The van der Waals surface area contributed by atoms with Crippen LogP contribution in [0.2, 0.25) is 0 Å². The molecular formula is C15H23NO2. The number of hydrogen-bond donors (Lipinski definition) is 2. The van der Waals surface area contributed by atoms with E-state index in [0.29, 0.717) is 6.61 Å². The highest BCUT2D eigenvalue weighted by molar-refractivity contribution is 5.34. The van der Waals surface area contributed by atoms with E-state index in [-0.39, 0.29) is 5.41 Å². The molecule has 1 aliphatic rings. The molecule has 0 aromatic heterocycles. The van der Waals surface area contributed by atoms with Crippen LogP contribution >= 0.6 is 0 Å². The van der Waals surface area contributed by atoms with Gasteiger partial charge in [-0.15, -0.1) is 0 Å². The SMILES string of the molecule is CCOc1cccc(C2(O)CCNCC2(C)C)c1. The first-order chi connectivity index (χ1) is 8.49. The van der Waals surface area contributed by atoms with E-state index in [0.717, 1.165) is 30.8 Å². The number of piperidine rings is 1. The summed E-state index contributed by atoms with van der Waals surface area (Å²) in [5.74, 6) is 0.831. The molecule has 1 heterocycles. The van der Waals surface area contributed by atoms with Crippen molar-refractivity contribution in [1.29, 1.82) is 0 Å². The smallest absolute Gasteiger partial charge is 0.119 e. The molecule has 0 spiro atoms. The molecule has 1 unspecified atom stereocenters. The third-order valence-corrected chi connectivity index (χ3v) is 3.97. The van der Waals surface area contributed by atoms with Crippen LogP contribution < -0.4 is 10.1 Å². The van der Waals surface area contributed by atoms with E-state index in [2.05, 4.69) is 19.2 Å². The van der Waals surface area contributed by atoms with Crippen LogP contribution in [0.15, 0.2) is 24.3 Å². The summed E-state index contributed by atoms with van der Waals surface area (Å²) in [6.45, 7) is 8.49. The molecular weight excluding hydrogens is 226 g/mol. The molecule has 100 valence electrons. The van der Waals surface area contributed by atoms with E-state index >= 15 is 0 Å². The molecule has 1 atom stereocenters. The fraction of sp³-hybridized carbons (Fsp3) is 0.600. The summed E-state index contributed by atoms with van der Waals surface area (Å²) in [4.78, 5) is 0. The molecule has 1 aromatic carbocycles. The van der Waals surface area contributed by atoms with Crippen LogP contribution in [-0.2, 0) is 5.60 Å². The van der Waals surface area contributed by atoms with Gasteiger partial charge in [0.15, 0.2) is 0 Å². The molecule has 0 saturated carbocycles. The minimum absolute atomic E-state index is 0.184. The van der Waals surface area contributed by atoms with Gasteiger partial charge in [0.25, 0.3) is 0 Å². The summed E-state index contributed by atoms with van der Waals surface area (Å²) in [6.07, 6.45) is 0.732. The van der Waals surface area contributed by atoms with Gasteiger partial charge in [0, 0.05) is 12.0 Å². The molecule has 3 heteroatoms. The summed E-state index contributed by atoms with van der Waals surface area (Å²) < 4.78 is 5.52. The number of nitrogens with one attached hydrogen (secondary N) is 1. The van der Waals surface area contributed by atoms with Gasteiger partial charge in [-0.2, -0.15) is 0 Å². The molecule has 2 rings (SSSR count). The molecule has 18 heavy (non-hydrogen) atoms. The highest BCUT2D eigenvalue weighted by Gasteiger charge is 2.46. The summed E-state index contributed by atoms with van der Waals surface area (Å²) in [5.41, 5.74) is -0.0125. The lowest BCUT2D eigenvalue weighted by Gasteiger charge is -2.47. The van der Waals surface area contributed by atoms with Gasteiger partial charge in [0.05, 0.1) is 12.2 Å². The number of ether oxygens (including phenoxy) is 1. The Morgan fingerprint density at radius 1 is 1.39 bits per heavy atom. The monoisotopic (exact) mass is 249 g/mol. The van der Waals surface area contributed by atoms with Gasteiger partial charge in [-0.3, -0.25) is 0 Å². The maximum Gasteiger partial charge on any atom is 0.119 e. The highest BCUT2D eigenvalue weighted by Crippen LogP contribution is 2.44. The summed E-state index contributed by atoms with van der Waals surface area (Å²) in [5, 5.41) is 14.4. The van der Waals surface area contributed by atoms with Crippen molar-refractivity contribution in [3.63, 3.8) is 0 Å². The Kier molecular flexibility index (Phi) is 3.64. The number of hydrogen-bond acceptors (Lipinski definition) is 3. The number of rotatable bonds is 3. The van der Waals surface area contributed by atoms with Gasteiger partial charge in [-0.1, -0.05) is 26.0 Å². The van der Waals surface area contributed by atoms with Crippen LogP contribution in [0, 0.1) is 5.41 Å². The zero-order valence-corrected chi connectivity index (χ0v) is 11.5. The van der Waals surface area contributed by atoms with Crippen molar-refractivity contribution in [2.24, 2.45) is 5.41 Å². The molecule has 1 aromatic rings. The van der Waals surface area contributed by atoms with E-state index in [9.17, 15) is 5.11 Å². The second kappa shape index (κ2) is 4.90. The van der Waals surface area contributed by atoms with Crippen molar-refractivity contribution in [1.82, 2.24) is 5.32 Å². The third-order valence-electron chi connectivity index (χ3n) is 3.97. The first-order valence-electron chi connectivity index (χ1n) is 6.66. The van der Waals surface area contributed by atoms with Crippen molar-refractivity contribution < 1.29 is 9.84 Å². The van der Waals surface area contributed by atoms with Crippen LogP contribution in [0.3, 0.4) is 0 Å². The third kappa shape index (κ3) is 2.25. The minimum atomic E-state index is -0.786. The minimum Gasteiger partial charge on any atom is -0.494 e. The summed E-state index contributed by atoms with van der Waals surface area (Å²) in [6, 6.07) is 7.85. The van der Waals surface area contributed by atoms with Crippen LogP contribution in [0.1, 0.15) is 32.8 Å². The molecule has 1 aliphatic heterocycles. The quantitative estimate of drug-likeness (QED) is 0.863. The first-order valence-corrected chi connectivity index (χ1v) is 6.66. The lowest BCUT2D eigenvalue weighted by atomic mass is 9.67. The number of benzene rings is 1. The Labute approximate surface area is 109 Å². The van der Waals surface area contributed by atoms with Gasteiger partial charge in [0.1, 0.15) is 5.75 Å². The lowest BCUT2D eigenvalue weighted by molar-refractivity contribution is -0.0945.